The lowest BCUT2D eigenvalue weighted by Crippen LogP contribution is -2.14. The Labute approximate surface area is 181 Å². The van der Waals surface area contributed by atoms with Gasteiger partial charge in [0.05, 0.1) is 39.3 Å². The minimum absolute atomic E-state index is 0.213. The molecule has 0 spiro atoms. The van der Waals surface area contributed by atoms with E-state index in [4.69, 9.17) is 27.9 Å². The van der Waals surface area contributed by atoms with Crippen molar-refractivity contribution in [3.05, 3.63) is 62.5 Å². The van der Waals surface area contributed by atoms with Crippen LogP contribution < -0.4 is 11.0 Å². The monoisotopic (exact) mass is 444 g/mol. The highest BCUT2D eigenvalue weighted by atomic mass is 35.5. The molecule has 0 bridgehead atoms. The van der Waals surface area contributed by atoms with Crippen LogP contribution >= 0.6 is 23.2 Å². The SMILES string of the molecule is CCCNn1cc(-c2nc3cc(Cl)c(Cl)cc3[nH]c2=O)c2cc(C(=O)OC)ccc21. The van der Waals surface area contributed by atoms with E-state index in [-0.39, 0.29) is 11.3 Å². The zero-order valence-corrected chi connectivity index (χ0v) is 17.8. The molecule has 0 aliphatic carbocycles. The molecule has 30 heavy (non-hydrogen) atoms. The first-order chi connectivity index (χ1) is 14.4. The summed E-state index contributed by atoms with van der Waals surface area (Å²) >= 11 is 12.2. The highest BCUT2D eigenvalue weighted by molar-refractivity contribution is 6.42. The normalized spacial score (nSPS) is 11.2. The molecule has 4 aromatic rings. The fourth-order valence-electron chi connectivity index (χ4n) is 3.29. The van der Waals surface area contributed by atoms with E-state index in [0.717, 1.165) is 18.5 Å². The Balaban J connectivity index is 1.98. The fraction of sp³-hybridized carbons (Fsp3) is 0.190. The number of methoxy groups -OCH3 is 1. The summed E-state index contributed by atoms with van der Waals surface area (Å²) in [6.45, 7) is 2.79. The van der Waals surface area contributed by atoms with Gasteiger partial charge in [-0.2, -0.15) is 0 Å². The predicted octanol–water partition coefficient (Wildman–Crippen LogP) is 4.59. The Kier molecular flexibility index (Phi) is 5.40. The van der Waals surface area contributed by atoms with E-state index in [1.807, 2.05) is 4.68 Å². The Hall–Kier alpha value is -3.03. The molecule has 0 saturated carbocycles. The molecule has 0 aliphatic rings. The summed E-state index contributed by atoms with van der Waals surface area (Å²) < 4.78 is 6.66. The van der Waals surface area contributed by atoms with Crippen molar-refractivity contribution in [3.63, 3.8) is 0 Å². The number of carbonyl (C=O) groups is 1. The van der Waals surface area contributed by atoms with Crippen LogP contribution in [0.1, 0.15) is 23.7 Å². The molecule has 0 fully saturated rings. The molecule has 9 heteroatoms. The molecule has 154 valence electrons. The van der Waals surface area contributed by atoms with E-state index < -0.39 is 5.97 Å². The van der Waals surface area contributed by atoms with Gasteiger partial charge >= 0.3 is 5.97 Å². The number of halogens is 2. The van der Waals surface area contributed by atoms with Gasteiger partial charge in [-0.15, -0.1) is 0 Å². The molecule has 2 heterocycles. The summed E-state index contributed by atoms with van der Waals surface area (Å²) in [5, 5.41) is 1.37. The number of nitrogens with zero attached hydrogens (tertiary/aromatic N) is 2. The van der Waals surface area contributed by atoms with E-state index in [2.05, 4.69) is 22.3 Å². The average molecular weight is 445 g/mol. The van der Waals surface area contributed by atoms with Crippen LogP contribution in [0.5, 0.6) is 0 Å². The van der Waals surface area contributed by atoms with Gasteiger partial charge in [-0.1, -0.05) is 30.1 Å². The Morgan fingerprint density at radius 2 is 2.00 bits per heavy atom. The topological polar surface area (TPSA) is 89.0 Å². The van der Waals surface area contributed by atoms with E-state index >= 15 is 0 Å². The van der Waals surface area contributed by atoms with Crippen LogP contribution in [-0.4, -0.2) is 34.3 Å². The minimum Gasteiger partial charge on any atom is -0.465 e. The van der Waals surface area contributed by atoms with Crippen LogP contribution in [0.2, 0.25) is 10.0 Å². The van der Waals surface area contributed by atoms with Gasteiger partial charge in [0.25, 0.3) is 5.56 Å². The van der Waals surface area contributed by atoms with Gasteiger partial charge in [-0.25, -0.2) is 9.78 Å². The van der Waals surface area contributed by atoms with Crippen LogP contribution in [0.15, 0.2) is 41.3 Å². The van der Waals surface area contributed by atoms with Gasteiger partial charge in [-0.3, -0.25) is 9.47 Å². The lowest BCUT2D eigenvalue weighted by Gasteiger charge is -2.07. The quantitative estimate of drug-likeness (QED) is 0.439. The van der Waals surface area contributed by atoms with E-state index in [1.165, 1.54) is 7.11 Å². The van der Waals surface area contributed by atoms with Gasteiger partial charge in [-0.05, 0) is 36.8 Å². The van der Waals surface area contributed by atoms with Crippen molar-refractivity contribution in [2.24, 2.45) is 0 Å². The van der Waals surface area contributed by atoms with Crippen LogP contribution in [0.3, 0.4) is 0 Å². The molecular weight excluding hydrogens is 427 g/mol. The van der Waals surface area contributed by atoms with Gasteiger partial charge in [0, 0.05) is 23.7 Å². The number of benzene rings is 2. The van der Waals surface area contributed by atoms with Crippen LogP contribution in [0.4, 0.5) is 0 Å². The molecule has 4 rings (SSSR count). The lowest BCUT2D eigenvalue weighted by molar-refractivity contribution is 0.0601. The predicted molar refractivity (Wildman–Crippen MR) is 119 cm³/mol. The van der Waals surface area contributed by atoms with Crippen molar-refractivity contribution in [2.75, 3.05) is 19.1 Å². The number of aromatic amines is 1. The number of hydrogen-bond donors (Lipinski definition) is 2. The maximum Gasteiger partial charge on any atom is 0.337 e. The van der Waals surface area contributed by atoms with Crippen LogP contribution in [-0.2, 0) is 4.74 Å². The lowest BCUT2D eigenvalue weighted by atomic mass is 10.1. The first kappa shape index (κ1) is 20.3. The largest absolute Gasteiger partial charge is 0.465 e. The number of ether oxygens (including phenoxy) is 1. The summed E-state index contributed by atoms with van der Waals surface area (Å²) in [4.78, 5) is 32.2. The zero-order valence-electron chi connectivity index (χ0n) is 16.3. The van der Waals surface area contributed by atoms with Crippen molar-refractivity contribution in [1.29, 1.82) is 0 Å². The molecule has 0 atom stereocenters. The van der Waals surface area contributed by atoms with E-state index in [0.29, 0.717) is 37.6 Å². The van der Waals surface area contributed by atoms with Crippen molar-refractivity contribution < 1.29 is 9.53 Å². The highest BCUT2D eigenvalue weighted by Gasteiger charge is 2.18. The molecule has 0 radical (unpaired) electrons. The van der Waals surface area contributed by atoms with Crippen LogP contribution in [0, 0.1) is 0 Å². The number of fused-ring (bicyclic) bond motifs is 2. The molecule has 2 N–H and O–H groups in total. The maximum atomic E-state index is 12.9. The molecule has 0 saturated heterocycles. The third-order valence-corrected chi connectivity index (χ3v) is 5.47. The Bertz CT molecular complexity index is 1340. The summed E-state index contributed by atoms with van der Waals surface area (Å²) in [7, 11) is 1.33. The molecule has 0 amide bonds. The summed E-state index contributed by atoms with van der Waals surface area (Å²) in [5.74, 6) is -0.459. The molecule has 2 aromatic heterocycles. The number of nitrogens with one attached hydrogen (secondary N) is 2. The second kappa shape index (κ2) is 8.01. The number of rotatable bonds is 5. The standard InChI is InChI=1S/C21H18Cl2N4O3/c1-3-6-24-27-10-13(12-7-11(21(29)30-2)4-5-18(12)27)19-20(28)26-17-9-15(23)14(22)8-16(17)25-19/h4-5,7-10,24H,3,6H2,1-2H3,(H,26,28). The third kappa shape index (κ3) is 3.51. The molecule has 0 unspecified atom stereocenters. The molecule has 2 aromatic carbocycles. The van der Waals surface area contributed by atoms with Crippen molar-refractivity contribution in [2.45, 2.75) is 13.3 Å². The Morgan fingerprint density at radius 1 is 1.23 bits per heavy atom. The maximum absolute atomic E-state index is 12.9. The van der Waals surface area contributed by atoms with Crippen molar-refractivity contribution in [3.8, 4) is 11.3 Å². The number of H-pyrrole nitrogens is 1. The first-order valence-corrected chi connectivity index (χ1v) is 10.0. The smallest absolute Gasteiger partial charge is 0.337 e. The number of carbonyl (C=O) groups excluding carboxylic acids is 1. The van der Waals surface area contributed by atoms with Crippen LogP contribution in [0.25, 0.3) is 33.2 Å². The number of hydrogen-bond acceptors (Lipinski definition) is 5. The van der Waals surface area contributed by atoms with Crippen molar-refractivity contribution >= 4 is 51.1 Å². The average Bonchev–Trinajstić information content (AvgIpc) is 3.10. The highest BCUT2D eigenvalue weighted by Crippen LogP contribution is 2.31. The summed E-state index contributed by atoms with van der Waals surface area (Å²) in [6.07, 6.45) is 2.71. The van der Waals surface area contributed by atoms with Crippen molar-refractivity contribution in [1.82, 2.24) is 14.6 Å². The second-order valence-corrected chi connectivity index (χ2v) is 7.56. The number of aromatic nitrogens is 3. The first-order valence-electron chi connectivity index (χ1n) is 9.29. The molecule has 7 nitrogen and oxygen atoms in total. The third-order valence-electron chi connectivity index (χ3n) is 4.75. The second-order valence-electron chi connectivity index (χ2n) is 6.74. The zero-order chi connectivity index (χ0) is 21.4. The molecular formula is C21H18Cl2N4O3. The van der Waals surface area contributed by atoms with Gasteiger partial charge in [0.2, 0.25) is 0 Å². The Morgan fingerprint density at radius 3 is 2.73 bits per heavy atom. The van der Waals surface area contributed by atoms with E-state index in [9.17, 15) is 9.59 Å². The van der Waals surface area contributed by atoms with Gasteiger partial charge in [0.15, 0.2) is 0 Å². The van der Waals surface area contributed by atoms with Gasteiger partial charge < -0.3 is 15.1 Å². The number of esters is 1. The summed E-state index contributed by atoms with van der Waals surface area (Å²) in [6, 6.07) is 8.36. The van der Waals surface area contributed by atoms with E-state index in [1.54, 1.807) is 36.5 Å². The summed E-state index contributed by atoms with van der Waals surface area (Å²) in [5.41, 5.74) is 5.88. The minimum atomic E-state index is -0.459. The fourth-order valence-corrected chi connectivity index (χ4v) is 3.61. The van der Waals surface area contributed by atoms with Gasteiger partial charge in [0.1, 0.15) is 5.69 Å². The molecule has 0 aliphatic heterocycles.